The predicted octanol–water partition coefficient (Wildman–Crippen LogP) is 7.38. The number of nitrogens with one attached hydrogen (secondary N) is 1. The van der Waals surface area contributed by atoms with Crippen LogP contribution in [-0.2, 0) is 0 Å². The lowest BCUT2D eigenvalue weighted by molar-refractivity contribution is 1.25. The molecule has 340 valence electrons. The van der Waals surface area contributed by atoms with Gasteiger partial charge in [0, 0.05) is 22.7 Å². The quantitative estimate of drug-likeness (QED) is 0.145. The molecule has 0 spiro atoms. The number of anilines is 4. The number of hydrogen-bond donors (Lipinski definition) is 1. The zero-order valence-electron chi connectivity index (χ0n) is 39.1. The third kappa shape index (κ3) is 7.71. The summed E-state index contributed by atoms with van der Waals surface area (Å²) in [7, 11) is -14.0. The van der Waals surface area contributed by atoms with E-state index in [2.05, 4.69) is 325 Å². The van der Waals surface area contributed by atoms with Gasteiger partial charge in [0.2, 0.25) is 0 Å². The van der Waals surface area contributed by atoms with Gasteiger partial charge in [-0.3, -0.25) is 0 Å². The van der Waals surface area contributed by atoms with Gasteiger partial charge in [0.15, 0.2) is 19.7 Å². The summed E-state index contributed by atoms with van der Waals surface area (Å²) in [6.07, 6.45) is 0. The second kappa shape index (κ2) is 20.2. The molecule has 10 aromatic rings. The van der Waals surface area contributed by atoms with Crippen molar-refractivity contribution in [1.82, 2.24) is 4.65 Å². The molecule has 1 aliphatic rings. The van der Waals surface area contributed by atoms with E-state index in [1.807, 2.05) is 0 Å². The molecule has 0 atom stereocenters. The van der Waals surface area contributed by atoms with Crippen molar-refractivity contribution in [3.63, 3.8) is 0 Å². The number of rotatable bonds is 10. The summed E-state index contributed by atoms with van der Waals surface area (Å²) in [6.45, 7) is 0. The highest BCUT2D eigenvalue weighted by Gasteiger charge is 2.68. The van der Waals surface area contributed by atoms with Gasteiger partial charge in [0.05, 0.1) is 0 Å². The fourth-order valence-electron chi connectivity index (χ4n) is 11.2. The Morgan fingerprint density at radius 2 is 0.400 bits per heavy atom. The fourth-order valence-corrected chi connectivity index (χ4v) is 42.4. The van der Waals surface area contributed by atoms with Gasteiger partial charge in [0.1, 0.15) is 0 Å². The predicted molar refractivity (Wildman–Crippen MR) is 310 cm³/mol. The topological polar surface area (TPSA) is 25.0 Å². The fraction of sp³-hybridized carbons (Fsp3) is 0. The Balaban J connectivity index is 1.48. The molecule has 11 rings (SSSR count). The zero-order chi connectivity index (χ0) is 47.1. The molecular weight excluding hydrogens is 931 g/mol. The Bertz CT molecular complexity index is 2890. The smallest absolute Gasteiger partial charge is 0.318 e. The van der Waals surface area contributed by atoms with Gasteiger partial charge in [-0.2, -0.15) is 0 Å². The van der Waals surface area contributed by atoms with E-state index >= 15 is 0 Å². The summed E-state index contributed by atoms with van der Waals surface area (Å²) in [5.74, 6) is 0. The molecule has 0 amide bonds. The van der Waals surface area contributed by atoms with E-state index in [0.29, 0.717) is 0 Å². The molecule has 1 saturated heterocycles. The summed E-state index contributed by atoms with van der Waals surface area (Å²) in [5, 5.41) is 7.92. The molecule has 0 aliphatic carbocycles. The molecule has 5 nitrogen and oxygen atoms in total. The first kappa shape index (κ1) is 44.9. The van der Waals surface area contributed by atoms with Crippen LogP contribution in [0.1, 0.15) is 0 Å². The third-order valence-electron chi connectivity index (χ3n) is 13.8. The van der Waals surface area contributed by atoms with Crippen LogP contribution in [-0.4, -0.2) is 44.9 Å². The van der Waals surface area contributed by atoms with Crippen molar-refractivity contribution < 1.29 is 0 Å². The Morgan fingerprint density at radius 3 is 0.629 bits per heavy atom. The van der Waals surface area contributed by atoms with Crippen molar-refractivity contribution in [3.8, 4) is 0 Å². The minimum absolute atomic E-state index is 1.19. The minimum Gasteiger partial charge on any atom is -0.395 e. The Labute approximate surface area is 421 Å². The first-order valence-corrected chi connectivity index (χ1v) is 32.5. The molecule has 10 aromatic carbocycles. The van der Waals surface area contributed by atoms with Gasteiger partial charge in [-0.05, 0) is 79.7 Å². The van der Waals surface area contributed by atoms with Crippen LogP contribution in [0.3, 0.4) is 0 Å². The normalized spacial score (nSPS) is 16.2. The first-order valence-electron chi connectivity index (χ1n) is 24.2. The van der Waals surface area contributed by atoms with Crippen molar-refractivity contribution in [1.29, 1.82) is 0 Å². The summed E-state index contributed by atoms with van der Waals surface area (Å²) >= 11 is 0. The van der Waals surface area contributed by atoms with E-state index < -0.39 is 44.9 Å². The van der Waals surface area contributed by atoms with Gasteiger partial charge in [-0.1, -0.05) is 255 Å². The average Bonchev–Trinajstić information content (AvgIpc) is 3.46. The molecule has 0 radical (unpaired) electrons. The highest BCUT2D eigenvalue weighted by molar-refractivity contribution is 7.32. The second-order valence-corrected chi connectivity index (χ2v) is 34.1. The third-order valence-corrected chi connectivity index (χ3v) is 37.1. The average molecular weight is 987 g/mol. The number of nitrogens with zero attached hydrogens (tertiary/aromatic N) is 4. The van der Waals surface area contributed by atoms with Crippen LogP contribution >= 0.6 is 0 Å². The lowest BCUT2D eigenvalue weighted by Crippen LogP contribution is -3.00. The number of benzene rings is 10. The van der Waals surface area contributed by atoms with Gasteiger partial charge in [0.25, 0.3) is 0 Å². The molecule has 70 heavy (non-hydrogen) atoms. The minimum atomic E-state index is -3.94. The maximum absolute atomic E-state index is 4.55. The Kier molecular flexibility index (Phi) is 13.0. The SMILES string of the molecule is c1ccc(N2[SiH2]N[SiH2]N(c3ccccc3)[Si](c3ccccc3)(c3ccccc3)N(c3ccccc3)[Si](c3ccccc3)(c3ccccc3)N(c3ccccc3)[Si]2(c2ccccc2)c2ccccc2)cc1. The van der Waals surface area contributed by atoms with E-state index in [4.69, 9.17) is 0 Å². The van der Waals surface area contributed by atoms with E-state index in [-0.39, 0.29) is 0 Å². The van der Waals surface area contributed by atoms with Crippen LogP contribution in [0.4, 0.5) is 22.7 Å². The van der Waals surface area contributed by atoms with Crippen molar-refractivity contribution in [2.24, 2.45) is 0 Å². The van der Waals surface area contributed by atoms with Crippen LogP contribution in [0.2, 0.25) is 0 Å². The molecular formula is C60H55N5Si5. The van der Waals surface area contributed by atoms with Gasteiger partial charge < -0.3 is 21.6 Å². The van der Waals surface area contributed by atoms with E-state index in [1.165, 1.54) is 53.9 Å². The van der Waals surface area contributed by atoms with Gasteiger partial charge in [-0.15, -0.1) is 0 Å². The van der Waals surface area contributed by atoms with Crippen LogP contribution in [0.15, 0.2) is 303 Å². The maximum atomic E-state index is 4.55. The Hall–Kier alpha value is -7.56. The van der Waals surface area contributed by atoms with E-state index in [1.54, 1.807) is 0 Å². The van der Waals surface area contributed by atoms with E-state index in [9.17, 15) is 0 Å². The molecule has 1 heterocycles. The molecule has 1 fully saturated rings. The molecule has 0 saturated carbocycles. The first-order chi connectivity index (χ1) is 34.8. The van der Waals surface area contributed by atoms with Gasteiger partial charge in [-0.25, -0.2) is 0 Å². The lowest BCUT2D eigenvalue weighted by Gasteiger charge is -2.66. The summed E-state index contributed by atoms with van der Waals surface area (Å²) < 4.78 is 16.7. The largest absolute Gasteiger partial charge is 0.395 e. The van der Waals surface area contributed by atoms with Crippen molar-refractivity contribution in [2.45, 2.75) is 0 Å². The highest BCUT2D eigenvalue weighted by Crippen LogP contribution is 2.41. The monoisotopic (exact) mass is 985 g/mol. The molecule has 0 aromatic heterocycles. The van der Waals surface area contributed by atoms with Crippen LogP contribution in [0.25, 0.3) is 0 Å². The second-order valence-electron chi connectivity index (χ2n) is 17.6. The molecule has 1 aliphatic heterocycles. The summed E-state index contributed by atoms with van der Waals surface area (Å²) in [4.78, 5) is 0. The number of hydrogen-bond acceptors (Lipinski definition) is 5. The summed E-state index contributed by atoms with van der Waals surface area (Å²) in [5.41, 5.74) is 4.83. The van der Waals surface area contributed by atoms with Crippen LogP contribution < -0.4 is 52.7 Å². The molecule has 1 N–H and O–H groups in total. The standard InChI is InChI=1S/C60H55N5Si5/c1-11-31-51(32-12-1)62-66-61-67-63(52-33-13-2-14-34-52)69(57-43-23-7-24-44-57,58-45-25-8-26-46-58)65(54-37-17-4-18-38-54)70(59-47-27-9-28-48-59,60-49-29-10-30-50-60)64(53-35-15-3-16-36-53)68(62,55-39-19-5-20-40-55)56-41-21-6-22-42-56/h1-50,61H,66-67H2. The summed E-state index contributed by atoms with van der Waals surface area (Å²) in [6, 6.07) is 116. The van der Waals surface area contributed by atoms with Crippen LogP contribution in [0, 0.1) is 0 Å². The van der Waals surface area contributed by atoms with Crippen molar-refractivity contribution in [2.75, 3.05) is 16.9 Å². The zero-order valence-corrected chi connectivity index (χ0v) is 44.9. The molecule has 0 unspecified atom stereocenters. The van der Waals surface area contributed by atoms with Crippen molar-refractivity contribution in [3.05, 3.63) is 303 Å². The Morgan fingerprint density at radius 1 is 0.214 bits per heavy atom. The van der Waals surface area contributed by atoms with Crippen LogP contribution in [0.5, 0.6) is 0 Å². The van der Waals surface area contributed by atoms with Crippen molar-refractivity contribution >= 4 is 98.7 Å². The maximum Gasteiger partial charge on any atom is 0.318 e. The van der Waals surface area contributed by atoms with E-state index in [0.717, 1.165) is 0 Å². The number of para-hydroxylation sites is 4. The lowest BCUT2D eigenvalue weighted by atomic mass is 10.3. The molecule has 0 bridgehead atoms. The molecule has 10 heteroatoms. The van der Waals surface area contributed by atoms with Gasteiger partial charge >= 0.3 is 25.2 Å². The highest BCUT2D eigenvalue weighted by atomic mass is 28.5.